The Hall–Kier alpha value is -5.17. The summed E-state index contributed by atoms with van der Waals surface area (Å²) in [5.74, 6) is 2.66. The van der Waals surface area contributed by atoms with Gasteiger partial charge >= 0.3 is 0 Å². The molecule has 7 nitrogen and oxygen atoms in total. The third-order valence-electron chi connectivity index (χ3n) is 7.58. The summed E-state index contributed by atoms with van der Waals surface area (Å²) in [5.41, 5.74) is 8.15. The van der Waals surface area contributed by atoms with Gasteiger partial charge in [-0.05, 0) is 53.3 Å². The monoisotopic (exact) mass is 553 g/mol. The summed E-state index contributed by atoms with van der Waals surface area (Å²) in [6.45, 7) is 7.20. The van der Waals surface area contributed by atoms with Crippen LogP contribution >= 0.6 is 0 Å². The van der Waals surface area contributed by atoms with E-state index in [0.717, 1.165) is 56.1 Å². The summed E-state index contributed by atoms with van der Waals surface area (Å²) in [7, 11) is 0. The molecular formula is C35H31N5O2. The van der Waals surface area contributed by atoms with Crippen molar-refractivity contribution >= 4 is 16.7 Å². The van der Waals surface area contributed by atoms with Crippen molar-refractivity contribution in [1.82, 2.24) is 24.1 Å². The van der Waals surface area contributed by atoms with Gasteiger partial charge in [-0.3, -0.25) is 0 Å². The van der Waals surface area contributed by atoms with Crippen LogP contribution in [0.15, 0.2) is 108 Å². The van der Waals surface area contributed by atoms with Gasteiger partial charge in [0.1, 0.15) is 30.1 Å². The number of rotatable bonds is 8. The molecule has 0 saturated heterocycles. The van der Waals surface area contributed by atoms with Gasteiger partial charge in [0.05, 0.1) is 23.9 Å². The minimum Gasteiger partial charge on any atom is -0.485 e. The van der Waals surface area contributed by atoms with Gasteiger partial charge in [-0.2, -0.15) is 0 Å². The van der Waals surface area contributed by atoms with Crippen molar-refractivity contribution in [2.75, 3.05) is 0 Å². The molecule has 0 unspecified atom stereocenters. The molecule has 0 saturated carbocycles. The lowest BCUT2D eigenvalue weighted by molar-refractivity contribution is 0.291. The summed E-state index contributed by atoms with van der Waals surface area (Å²) in [5, 5.41) is 5.72. The maximum Gasteiger partial charge on any atom is 0.189 e. The van der Waals surface area contributed by atoms with Crippen LogP contribution in [0.25, 0.3) is 39.1 Å². The first kappa shape index (κ1) is 25.8. The molecule has 0 bridgehead atoms. The molecule has 0 radical (unpaired) electrons. The van der Waals surface area contributed by atoms with Crippen LogP contribution in [0.1, 0.15) is 42.5 Å². The van der Waals surface area contributed by atoms with E-state index < -0.39 is 0 Å². The summed E-state index contributed by atoms with van der Waals surface area (Å²) >= 11 is 0. The molecule has 0 fully saturated rings. The highest BCUT2D eigenvalue weighted by Gasteiger charge is 2.25. The molecule has 0 atom stereocenters. The average molecular weight is 554 g/mol. The molecule has 7 aromatic rings. The second kappa shape index (κ2) is 10.7. The third kappa shape index (κ3) is 4.63. The van der Waals surface area contributed by atoms with Crippen molar-refractivity contribution in [2.24, 2.45) is 0 Å². The maximum absolute atomic E-state index is 6.31. The second-order valence-electron chi connectivity index (χ2n) is 10.8. The van der Waals surface area contributed by atoms with Gasteiger partial charge in [0.2, 0.25) is 0 Å². The number of furan rings is 1. The van der Waals surface area contributed by atoms with E-state index in [0.29, 0.717) is 18.3 Å². The van der Waals surface area contributed by atoms with Gasteiger partial charge in [-0.1, -0.05) is 86.6 Å². The van der Waals surface area contributed by atoms with E-state index in [2.05, 4.69) is 92.1 Å². The van der Waals surface area contributed by atoms with Crippen molar-refractivity contribution in [3.8, 4) is 28.1 Å². The van der Waals surface area contributed by atoms with Crippen LogP contribution in [0.4, 0.5) is 0 Å². The van der Waals surface area contributed by atoms with Crippen molar-refractivity contribution in [3.63, 3.8) is 0 Å². The highest BCUT2D eigenvalue weighted by atomic mass is 16.5. The molecule has 208 valence electrons. The lowest BCUT2D eigenvalue weighted by atomic mass is 9.99. The molecule has 0 aliphatic rings. The smallest absolute Gasteiger partial charge is 0.189 e. The van der Waals surface area contributed by atoms with E-state index in [9.17, 15) is 0 Å². The third-order valence-corrected chi connectivity index (χ3v) is 7.58. The van der Waals surface area contributed by atoms with Crippen LogP contribution in [-0.4, -0.2) is 24.1 Å². The van der Waals surface area contributed by atoms with Crippen molar-refractivity contribution in [2.45, 2.75) is 39.8 Å². The van der Waals surface area contributed by atoms with E-state index in [-0.39, 0.29) is 6.61 Å². The maximum atomic E-state index is 6.31. The lowest BCUT2D eigenvalue weighted by Gasteiger charge is -2.13. The van der Waals surface area contributed by atoms with Gasteiger partial charge < -0.3 is 13.7 Å². The topological polar surface area (TPSA) is 70.4 Å². The largest absolute Gasteiger partial charge is 0.485 e. The van der Waals surface area contributed by atoms with Crippen LogP contribution < -0.4 is 4.74 Å². The van der Waals surface area contributed by atoms with Crippen LogP contribution in [-0.2, 0) is 13.2 Å². The average Bonchev–Trinajstić information content (AvgIpc) is 3.75. The first-order valence-corrected chi connectivity index (χ1v) is 14.2. The van der Waals surface area contributed by atoms with Crippen LogP contribution in [0.2, 0.25) is 0 Å². The van der Waals surface area contributed by atoms with Crippen LogP contribution in [0.3, 0.4) is 0 Å². The van der Waals surface area contributed by atoms with Crippen molar-refractivity contribution in [1.29, 1.82) is 0 Å². The highest BCUT2D eigenvalue weighted by molar-refractivity contribution is 6.09. The normalized spacial score (nSPS) is 11.6. The number of aromatic nitrogens is 5. The number of aryl methyl sites for hydroxylation is 1. The van der Waals surface area contributed by atoms with Gasteiger partial charge in [-0.15, -0.1) is 5.10 Å². The Labute approximate surface area is 244 Å². The van der Waals surface area contributed by atoms with Gasteiger partial charge in [0.25, 0.3) is 0 Å². The van der Waals surface area contributed by atoms with E-state index in [1.165, 1.54) is 5.56 Å². The second-order valence-corrected chi connectivity index (χ2v) is 10.8. The van der Waals surface area contributed by atoms with Gasteiger partial charge in [0.15, 0.2) is 11.5 Å². The van der Waals surface area contributed by atoms with E-state index >= 15 is 0 Å². The Balaban J connectivity index is 1.43. The number of benzene rings is 3. The van der Waals surface area contributed by atoms with Crippen molar-refractivity contribution < 1.29 is 9.15 Å². The zero-order valence-corrected chi connectivity index (χ0v) is 23.9. The van der Waals surface area contributed by atoms with E-state index in [1.54, 1.807) is 17.1 Å². The number of nitrogens with zero attached hydrogens (tertiary/aromatic N) is 5. The fourth-order valence-corrected chi connectivity index (χ4v) is 5.62. The van der Waals surface area contributed by atoms with Gasteiger partial charge in [-0.25, -0.2) is 14.5 Å². The highest BCUT2D eigenvalue weighted by Crippen LogP contribution is 2.42. The molecule has 0 amide bonds. The number of ether oxygens (including phenoxy) is 1. The Morgan fingerprint density at radius 3 is 2.33 bits per heavy atom. The van der Waals surface area contributed by atoms with E-state index in [4.69, 9.17) is 24.2 Å². The SMILES string of the molecule is Cc1ccc(C(C)C)c(OCc2nc3c4c(-c5ccccc5)c(-c5ccccc5)n(Cc5ccco5)c4ncn3n2)c1. The molecule has 4 heterocycles. The predicted molar refractivity (Wildman–Crippen MR) is 165 cm³/mol. The number of hydrogen-bond acceptors (Lipinski definition) is 5. The summed E-state index contributed by atoms with van der Waals surface area (Å²) in [4.78, 5) is 9.98. The molecule has 0 spiro atoms. The number of fused-ring (bicyclic) bond motifs is 3. The summed E-state index contributed by atoms with van der Waals surface area (Å²) < 4.78 is 16.1. The molecule has 7 rings (SSSR count). The molecule has 0 aliphatic carbocycles. The fraction of sp³-hybridized carbons (Fsp3) is 0.171. The fourth-order valence-electron chi connectivity index (χ4n) is 5.62. The van der Waals surface area contributed by atoms with Crippen molar-refractivity contribution in [3.05, 3.63) is 126 Å². The molecule has 42 heavy (non-hydrogen) atoms. The molecule has 7 heteroatoms. The first-order valence-electron chi connectivity index (χ1n) is 14.2. The first-order chi connectivity index (χ1) is 20.6. The molecular weight excluding hydrogens is 522 g/mol. The summed E-state index contributed by atoms with van der Waals surface area (Å²) in [6, 6.07) is 31.1. The Morgan fingerprint density at radius 2 is 1.62 bits per heavy atom. The molecule has 0 aliphatic heterocycles. The minimum absolute atomic E-state index is 0.256. The predicted octanol–water partition coefficient (Wildman–Crippen LogP) is 8.07. The lowest BCUT2D eigenvalue weighted by Crippen LogP contribution is -2.03. The molecule has 0 N–H and O–H groups in total. The standard InChI is InChI=1S/C35H31N5O2/c1-23(2)28-17-16-24(3)19-29(28)42-21-30-37-35-32-31(25-11-6-4-7-12-25)33(26-13-8-5-9-14-26)39(20-27-15-10-18-41-27)34(32)36-22-40(35)38-30/h4-19,22-23H,20-21H2,1-3H3. The zero-order valence-electron chi connectivity index (χ0n) is 23.9. The Bertz CT molecular complexity index is 1990. The number of hydrogen-bond donors (Lipinski definition) is 0. The summed E-state index contributed by atoms with van der Waals surface area (Å²) in [6.07, 6.45) is 3.44. The van der Waals surface area contributed by atoms with Gasteiger partial charge in [0, 0.05) is 5.56 Å². The molecule has 3 aromatic carbocycles. The van der Waals surface area contributed by atoms with E-state index in [1.807, 2.05) is 24.3 Å². The van der Waals surface area contributed by atoms with Crippen LogP contribution in [0.5, 0.6) is 5.75 Å². The molecule has 4 aromatic heterocycles. The quantitative estimate of drug-likeness (QED) is 0.190. The minimum atomic E-state index is 0.256. The Kier molecular flexibility index (Phi) is 6.55. The zero-order chi connectivity index (χ0) is 28.6. The Morgan fingerprint density at radius 1 is 0.857 bits per heavy atom. The van der Waals surface area contributed by atoms with Crippen LogP contribution in [0, 0.1) is 6.92 Å².